The van der Waals surface area contributed by atoms with E-state index >= 15 is 0 Å². The van der Waals surface area contributed by atoms with Gasteiger partial charge in [-0.2, -0.15) is 5.26 Å². The van der Waals surface area contributed by atoms with Crippen LogP contribution in [-0.2, 0) is 6.42 Å². The number of carbonyl (C=O) groups is 2. The van der Waals surface area contributed by atoms with E-state index in [0.29, 0.717) is 29.3 Å². The molecular formula is C21H21N3O2. The fraction of sp³-hybridized carbons (Fsp3) is 0.286. The van der Waals surface area contributed by atoms with Crippen LogP contribution in [-0.4, -0.2) is 36.3 Å². The molecular weight excluding hydrogens is 326 g/mol. The molecule has 5 nitrogen and oxygen atoms in total. The highest BCUT2D eigenvalue weighted by molar-refractivity contribution is 5.97. The van der Waals surface area contributed by atoms with Gasteiger partial charge in [-0.1, -0.05) is 12.1 Å². The summed E-state index contributed by atoms with van der Waals surface area (Å²) < 4.78 is 0. The molecule has 0 unspecified atom stereocenters. The predicted octanol–water partition coefficient (Wildman–Crippen LogP) is 2.77. The lowest BCUT2D eigenvalue weighted by atomic mass is 10.1. The van der Waals surface area contributed by atoms with E-state index in [1.54, 1.807) is 48.3 Å². The zero-order chi connectivity index (χ0) is 18.5. The summed E-state index contributed by atoms with van der Waals surface area (Å²) >= 11 is 0. The number of amides is 2. The molecule has 0 aromatic heterocycles. The lowest BCUT2D eigenvalue weighted by Crippen LogP contribution is -2.29. The monoisotopic (exact) mass is 347 g/mol. The lowest BCUT2D eigenvalue weighted by Gasteiger charge is -2.17. The van der Waals surface area contributed by atoms with E-state index in [1.165, 1.54) is 0 Å². The largest absolute Gasteiger partial charge is 0.349 e. The van der Waals surface area contributed by atoms with Crippen LogP contribution in [0.2, 0.25) is 0 Å². The minimum Gasteiger partial charge on any atom is -0.349 e. The van der Waals surface area contributed by atoms with Gasteiger partial charge in [0.25, 0.3) is 11.8 Å². The van der Waals surface area contributed by atoms with E-state index < -0.39 is 0 Å². The van der Waals surface area contributed by atoms with Gasteiger partial charge >= 0.3 is 0 Å². The molecule has 0 atom stereocenters. The first-order valence-electron chi connectivity index (χ1n) is 8.72. The first-order valence-corrected chi connectivity index (χ1v) is 8.72. The second-order valence-corrected chi connectivity index (χ2v) is 6.61. The molecule has 0 spiro atoms. The third-order valence-corrected chi connectivity index (χ3v) is 4.47. The maximum Gasteiger partial charge on any atom is 0.253 e. The molecule has 0 bridgehead atoms. The highest BCUT2D eigenvalue weighted by Crippen LogP contribution is 2.19. The summed E-state index contributed by atoms with van der Waals surface area (Å²) in [6, 6.07) is 16.6. The molecule has 2 aromatic carbocycles. The number of hydrogen-bond donors (Lipinski definition) is 1. The molecule has 0 saturated heterocycles. The number of likely N-dealkylation sites (N-methyl/N-ethyl adjacent to an activating group) is 1. The third-order valence-electron chi connectivity index (χ3n) is 4.47. The topological polar surface area (TPSA) is 73.2 Å². The van der Waals surface area contributed by atoms with Crippen molar-refractivity contribution >= 4 is 11.8 Å². The van der Waals surface area contributed by atoms with Crippen molar-refractivity contribution in [3.8, 4) is 6.07 Å². The highest BCUT2D eigenvalue weighted by Gasteiger charge is 2.23. The Labute approximate surface area is 153 Å². The van der Waals surface area contributed by atoms with Crippen LogP contribution in [0, 0.1) is 11.3 Å². The number of benzene rings is 2. The van der Waals surface area contributed by atoms with E-state index in [4.69, 9.17) is 5.26 Å². The minimum absolute atomic E-state index is 0.0761. The van der Waals surface area contributed by atoms with Crippen molar-refractivity contribution in [1.29, 1.82) is 5.26 Å². The van der Waals surface area contributed by atoms with Crippen molar-refractivity contribution in [3.05, 3.63) is 70.8 Å². The van der Waals surface area contributed by atoms with E-state index in [0.717, 1.165) is 24.8 Å². The van der Waals surface area contributed by atoms with Crippen molar-refractivity contribution in [3.63, 3.8) is 0 Å². The summed E-state index contributed by atoms with van der Waals surface area (Å²) in [5.74, 6) is -0.159. The molecule has 0 aliphatic heterocycles. The van der Waals surface area contributed by atoms with Crippen LogP contribution >= 0.6 is 0 Å². The standard InChI is InChI=1S/C21H21N3O2/c1-24(13-12-15-2-4-16(14-22)5-3-15)21(26)18-8-6-17(7-9-18)20(25)23-19-10-11-19/h2-9,19H,10-13H2,1H3,(H,23,25). The zero-order valence-corrected chi connectivity index (χ0v) is 14.7. The van der Waals surface area contributed by atoms with Gasteiger partial charge < -0.3 is 10.2 Å². The van der Waals surface area contributed by atoms with Crippen molar-refractivity contribution in [2.45, 2.75) is 25.3 Å². The molecule has 1 saturated carbocycles. The normalized spacial score (nSPS) is 12.9. The summed E-state index contributed by atoms with van der Waals surface area (Å²) in [5.41, 5.74) is 2.85. The van der Waals surface area contributed by atoms with Crippen LogP contribution < -0.4 is 5.32 Å². The quantitative estimate of drug-likeness (QED) is 0.873. The van der Waals surface area contributed by atoms with Crippen molar-refractivity contribution in [2.75, 3.05) is 13.6 Å². The van der Waals surface area contributed by atoms with Crippen molar-refractivity contribution in [1.82, 2.24) is 10.2 Å². The van der Waals surface area contributed by atoms with Gasteiger partial charge in [-0.3, -0.25) is 9.59 Å². The minimum atomic E-state index is -0.0827. The number of nitrogens with zero attached hydrogens (tertiary/aromatic N) is 2. The Kier molecular flexibility index (Phi) is 5.33. The predicted molar refractivity (Wildman–Crippen MR) is 98.8 cm³/mol. The molecule has 5 heteroatoms. The molecule has 26 heavy (non-hydrogen) atoms. The second-order valence-electron chi connectivity index (χ2n) is 6.61. The molecule has 2 amide bonds. The van der Waals surface area contributed by atoms with Gasteiger partial charge in [-0.25, -0.2) is 0 Å². The molecule has 3 rings (SSSR count). The molecule has 1 aliphatic rings. The Balaban J connectivity index is 1.55. The van der Waals surface area contributed by atoms with E-state index in [2.05, 4.69) is 11.4 Å². The Morgan fingerprint density at radius 2 is 1.69 bits per heavy atom. The first-order chi connectivity index (χ1) is 12.6. The molecule has 132 valence electrons. The smallest absolute Gasteiger partial charge is 0.253 e. The summed E-state index contributed by atoms with van der Waals surface area (Å²) in [4.78, 5) is 26.2. The number of hydrogen-bond acceptors (Lipinski definition) is 3. The Bertz CT molecular complexity index is 831. The summed E-state index contributed by atoms with van der Waals surface area (Å²) in [7, 11) is 1.76. The first kappa shape index (κ1) is 17.7. The van der Waals surface area contributed by atoms with Crippen molar-refractivity contribution < 1.29 is 9.59 Å². The molecule has 1 aliphatic carbocycles. The Morgan fingerprint density at radius 3 is 2.27 bits per heavy atom. The zero-order valence-electron chi connectivity index (χ0n) is 14.7. The van der Waals surface area contributed by atoms with Gasteiger partial charge in [0.05, 0.1) is 11.6 Å². The molecule has 1 fully saturated rings. The maximum atomic E-state index is 12.5. The van der Waals surface area contributed by atoms with Gasteiger partial charge in [0.15, 0.2) is 0 Å². The van der Waals surface area contributed by atoms with Gasteiger partial charge in [-0.15, -0.1) is 0 Å². The summed E-state index contributed by atoms with van der Waals surface area (Å²) in [6.45, 7) is 0.578. The fourth-order valence-corrected chi connectivity index (χ4v) is 2.63. The Morgan fingerprint density at radius 1 is 1.08 bits per heavy atom. The van der Waals surface area contributed by atoms with Crippen molar-refractivity contribution in [2.24, 2.45) is 0 Å². The SMILES string of the molecule is CN(CCc1ccc(C#N)cc1)C(=O)c1ccc(C(=O)NC2CC2)cc1. The fourth-order valence-electron chi connectivity index (χ4n) is 2.63. The third kappa shape index (κ3) is 4.48. The highest BCUT2D eigenvalue weighted by atomic mass is 16.2. The van der Waals surface area contributed by atoms with Crippen LogP contribution in [0.15, 0.2) is 48.5 Å². The van der Waals surface area contributed by atoms with Crippen LogP contribution in [0.5, 0.6) is 0 Å². The number of rotatable bonds is 6. The number of carbonyl (C=O) groups excluding carboxylic acids is 2. The second kappa shape index (κ2) is 7.83. The number of nitriles is 1. The summed E-state index contributed by atoms with van der Waals surface area (Å²) in [6.07, 6.45) is 2.81. The van der Waals surface area contributed by atoms with E-state index in [-0.39, 0.29) is 11.8 Å². The van der Waals surface area contributed by atoms with E-state index in [9.17, 15) is 9.59 Å². The Hall–Kier alpha value is -3.13. The van der Waals surface area contributed by atoms with Crippen LogP contribution in [0.4, 0.5) is 0 Å². The van der Waals surface area contributed by atoms with Gasteiger partial charge in [-0.05, 0) is 61.2 Å². The molecule has 0 radical (unpaired) electrons. The molecule has 1 N–H and O–H groups in total. The average molecular weight is 347 g/mol. The summed E-state index contributed by atoms with van der Waals surface area (Å²) in [5, 5.41) is 11.8. The van der Waals surface area contributed by atoms with Crippen LogP contribution in [0.3, 0.4) is 0 Å². The maximum absolute atomic E-state index is 12.5. The van der Waals surface area contributed by atoms with Gasteiger partial charge in [0, 0.05) is 30.8 Å². The molecule has 2 aromatic rings. The lowest BCUT2D eigenvalue weighted by molar-refractivity contribution is 0.0795. The van der Waals surface area contributed by atoms with Crippen LogP contribution in [0.1, 0.15) is 44.7 Å². The van der Waals surface area contributed by atoms with Gasteiger partial charge in [0.2, 0.25) is 0 Å². The van der Waals surface area contributed by atoms with Crippen LogP contribution in [0.25, 0.3) is 0 Å². The van der Waals surface area contributed by atoms with Gasteiger partial charge in [0.1, 0.15) is 0 Å². The average Bonchev–Trinajstić information content (AvgIpc) is 3.50. The number of nitrogens with one attached hydrogen (secondary N) is 1. The van der Waals surface area contributed by atoms with E-state index in [1.807, 2.05) is 12.1 Å². The molecule has 0 heterocycles.